The minimum atomic E-state index is -1.34. The lowest BCUT2D eigenvalue weighted by atomic mass is 9.96. The number of rotatable bonds is 6. The Bertz CT molecular complexity index is 279. The van der Waals surface area contributed by atoms with E-state index in [1.807, 2.05) is 0 Å². The Labute approximate surface area is 94.8 Å². The molecule has 5 nitrogen and oxygen atoms in total. The predicted octanol–water partition coefficient (Wildman–Crippen LogP) is 0.342. The summed E-state index contributed by atoms with van der Waals surface area (Å²) >= 11 is 0. The van der Waals surface area contributed by atoms with Crippen LogP contribution in [0.5, 0.6) is 0 Å². The molecule has 0 aliphatic heterocycles. The molecular weight excluding hydrogens is 212 g/mol. The third-order valence-corrected chi connectivity index (χ3v) is 2.08. The zero-order valence-electron chi connectivity index (χ0n) is 10.1. The summed E-state index contributed by atoms with van der Waals surface area (Å²) in [4.78, 5) is 33.5. The van der Waals surface area contributed by atoms with Crippen LogP contribution in [0.15, 0.2) is 0 Å². The average Bonchev–Trinajstić information content (AvgIpc) is 2.14. The predicted molar refractivity (Wildman–Crippen MR) is 56.7 cm³/mol. The topological polar surface area (TPSA) is 80.7 Å². The highest BCUT2D eigenvalue weighted by molar-refractivity contribution is 6.15. The van der Waals surface area contributed by atoms with Gasteiger partial charge in [-0.1, -0.05) is 13.8 Å². The van der Waals surface area contributed by atoms with E-state index in [1.54, 1.807) is 13.8 Å². The molecule has 1 N–H and O–H groups in total. The lowest BCUT2D eigenvalue weighted by Crippen LogP contribution is -2.34. The van der Waals surface area contributed by atoms with Crippen LogP contribution in [-0.4, -0.2) is 35.9 Å². The van der Waals surface area contributed by atoms with Gasteiger partial charge < -0.3 is 9.84 Å². The Morgan fingerprint density at radius 3 is 1.94 bits per heavy atom. The van der Waals surface area contributed by atoms with E-state index in [2.05, 4.69) is 0 Å². The van der Waals surface area contributed by atoms with E-state index in [-0.39, 0.29) is 13.2 Å². The zero-order chi connectivity index (χ0) is 12.9. The third-order valence-electron chi connectivity index (χ3n) is 2.08. The number of carbonyl (C=O) groups excluding carboxylic acids is 3. The average molecular weight is 230 g/mol. The van der Waals surface area contributed by atoms with E-state index in [4.69, 9.17) is 9.84 Å². The fourth-order valence-corrected chi connectivity index (χ4v) is 1.01. The highest BCUT2D eigenvalue weighted by atomic mass is 16.5. The van der Waals surface area contributed by atoms with E-state index in [0.29, 0.717) is 0 Å². The molecule has 0 aliphatic rings. The maximum Gasteiger partial charge on any atom is 0.324 e. The van der Waals surface area contributed by atoms with Crippen LogP contribution in [0, 0.1) is 11.3 Å². The first-order valence-electron chi connectivity index (χ1n) is 4.99. The van der Waals surface area contributed by atoms with Crippen molar-refractivity contribution in [1.82, 2.24) is 0 Å². The van der Waals surface area contributed by atoms with Gasteiger partial charge in [0.2, 0.25) is 0 Å². The van der Waals surface area contributed by atoms with Gasteiger partial charge in [-0.05, 0) is 13.8 Å². The standard InChI is InChI=1S/C11H18O5/c1-7(13)9(8(2)14)10(15)16-6-11(3,4)5-12/h9,12H,5-6H2,1-4H3. The van der Waals surface area contributed by atoms with Crippen LogP contribution in [0.2, 0.25) is 0 Å². The lowest BCUT2D eigenvalue weighted by molar-refractivity contribution is -0.157. The van der Waals surface area contributed by atoms with Gasteiger partial charge in [0.1, 0.15) is 0 Å². The normalized spacial score (nSPS) is 11.4. The van der Waals surface area contributed by atoms with Gasteiger partial charge in [-0.3, -0.25) is 14.4 Å². The molecule has 0 aromatic carbocycles. The molecule has 92 valence electrons. The van der Waals surface area contributed by atoms with Crippen LogP contribution in [-0.2, 0) is 19.1 Å². The summed E-state index contributed by atoms with van der Waals surface area (Å²) in [7, 11) is 0. The van der Waals surface area contributed by atoms with Crippen molar-refractivity contribution in [3.05, 3.63) is 0 Å². The minimum Gasteiger partial charge on any atom is -0.464 e. The number of ketones is 2. The molecule has 0 unspecified atom stereocenters. The Morgan fingerprint density at radius 1 is 1.19 bits per heavy atom. The van der Waals surface area contributed by atoms with Crippen LogP contribution in [0.1, 0.15) is 27.7 Å². The Balaban J connectivity index is 4.45. The summed E-state index contributed by atoms with van der Waals surface area (Å²) < 4.78 is 4.84. The zero-order valence-corrected chi connectivity index (χ0v) is 10.1. The first-order valence-corrected chi connectivity index (χ1v) is 4.99. The molecule has 0 aliphatic carbocycles. The molecule has 0 radical (unpaired) electrons. The quantitative estimate of drug-likeness (QED) is 0.525. The summed E-state index contributed by atoms with van der Waals surface area (Å²) in [6.07, 6.45) is 0. The van der Waals surface area contributed by atoms with Crippen LogP contribution in [0.3, 0.4) is 0 Å². The summed E-state index contributed by atoms with van der Waals surface area (Å²) in [5, 5.41) is 8.94. The monoisotopic (exact) mass is 230 g/mol. The van der Waals surface area contributed by atoms with Crippen molar-refractivity contribution < 1.29 is 24.2 Å². The van der Waals surface area contributed by atoms with Crippen molar-refractivity contribution in [3.63, 3.8) is 0 Å². The molecule has 0 saturated heterocycles. The molecule has 0 heterocycles. The third kappa shape index (κ3) is 4.53. The van der Waals surface area contributed by atoms with Gasteiger partial charge in [-0.25, -0.2) is 0 Å². The molecule has 0 aromatic heterocycles. The Morgan fingerprint density at radius 2 is 1.62 bits per heavy atom. The SMILES string of the molecule is CC(=O)C(C(C)=O)C(=O)OCC(C)(C)CO. The molecule has 0 aromatic rings. The van der Waals surface area contributed by atoms with E-state index < -0.39 is 28.9 Å². The lowest BCUT2D eigenvalue weighted by Gasteiger charge is -2.21. The number of Topliss-reactive ketones (excluding diaryl/α,β-unsaturated/α-hetero) is 2. The molecule has 0 fully saturated rings. The van der Waals surface area contributed by atoms with Crippen molar-refractivity contribution in [2.45, 2.75) is 27.7 Å². The number of aliphatic hydroxyl groups excluding tert-OH is 1. The van der Waals surface area contributed by atoms with Gasteiger partial charge in [-0.2, -0.15) is 0 Å². The first-order chi connectivity index (χ1) is 7.21. The van der Waals surface area contributed by atoms with Gasteiger partial charge >= 0.3 is 5.97 Å². The van der Waals surface area contributed by atoms with Gasteiger partial charge in [0.25, 0.3) is 0 Å². The number of carbonyl (C=O) groups is 3. The molecule has 0 bridgehead atoms. The molecule has 5 heteroatoms. The summed E-state index contributed by atoms with van der Waals surface area (Å²) in [5.41, 5.74) is -0.576. The van der Waals surface area contributed by atoms with Crippen molar-refractivity contribution >= 4 is 17.5 Å². The maximum absolute atomic E-state index is 11.4. The number of aliphatic hydroxyl groups is 1. The van der Waals surface area contributed by atoms with Crippen LogP contribution in [0.25, 0.3) is 0 Å². The number of esters is 1. The second kappa shape index (κ2) is 5.75. The van der Waals surface area contributed by atoms with E-state index in [0.717, 1.165) is 0 Å². The van der Waals surface area contributed by atoms with Crippen LogP contribution in [0.4, 0.5) is 0 Å². The molecule has 0 amide bonds. The van der Waals surface area contributed by atoms with Gasteiger partial charge in [0.05, 0.1) is 13.2 Å². The molecule has 0 spiro atoms. The highest BCUT2D eigenvalue weighted by Gasteiger charge is 2.31. The van der Waals surface area contributed by atoms with E-state index in [9.17, 15) is 14.4 Å². The maximum atomic E-state index is 11.4. The van der Waals surface area contributed by atoms with Crippen molar-refractivity contribution in [2.24, 2.45) is 11.3 Å². The molecule has 0 saturated carbocycles. The first kappa shape index (κ1) is 14.8. The summed E-state index contributed by atoms with van der Waals surface area (Å²) in [5.74, 6) is -3.24. The number of hydrogen-bond acceptors (Lipinski definition) is 5. The number of hydrogen-bond donors (Lipinski definition) is 1. The van der Waals surface area contributed by atoms with Crippen LogP contribution >= 0.6 is 0 Å². The van der Waals surface area contributed by atoms with Gasteiger partial charge in [0, 0.05) is 5.41 Å². The van der Waals surface area contributed by atoms with E-state index in [1.165, 1.54) is 13.8 Å². The Hall–Kier alpha value is -1.23. The van der Waals surface area contributed by atoms with Crippen molar-refractivity contribution in [2.75, 3.05) is 13.2 Å². The fourth-order valence-electron chi connectivity index (χ4n) is 1.01. The minimum absolute atomic E-state index is 0.0284. The molecular formula is C11H18O5. The highest BCUT2D eigenvalue weighted by Crippen LogP contribution is 2.15. The number of ether oxygens (including phenoxy) is 1. The van der Waals surface area contributed by atoms with E-state index >= 15 is 0 Å². The van der Waals surface area contributed by atoms with Gasteiger partial charge in [0.15, 0.2) is 17.5 Å². The van der Waals surface area contributed by atoms with Crippen molar-refractivity contribution in [3.8, 4) is 0 Å². The Kier molecular flexibility index (Phi) is 5.30. The van der Waals surface area contributed by atoms with Crippen LogP contribution < -0.4 is 0 Å². The second-order valence-electron chi connectivity index (χ2n) is 4.58. The molecule has 0 rings (SSSR count). The summed E-state index contributed by atoms with van der Waals surface area (Å²) in [6.45, 7) is 5.58. The second-order valence-corrected chi connectivity index (χ2v) is 4.58. The fraction of sp³-hybridized carbons (Fsp3) is 0.727. The molecule has 16 heavy (non-hydrogen) atoms. The summed E-state index contributed by atoms with van der Waals surface area (Å²) in [6, 6.07) is 0. The molecule has 0 atom stereocenters. The van der Waals surface area contributed by atoms with Gasteiger partial charge in [-0.15, -0.1) is 0 Å². The van der Waals surface area contributed by atoms with Crippen molar-refractivity contribution in [1.29, 1.82) is 0 Å². The largest absolute Gasteiger partial charge is 0.464 e. The smallest absolute Gasteiger partial charge is 0.324 e.